The molecule has 7 nitrogen and oxygen atoms in total. The number of aryl methyl sites for hydroxylation is 1. The summed E-state index contributed by atoms with van der Waals surface area (Å²) in [6, 6.07) is 4.27. The van der Waals surface area contributed by atoms with Gasteiger partial charge in [-0.15, -0.1) is 15.3 Å². The zero-order valence-electron chi connectivity index (χ0n) is 12.1. The molecule has 1 saturated carbocycles. The Balaban J connectivity index is 1.34. The van der Waals surface area contributed by atoms with Crippen LogP contribution in [0.15, 0.2) is 12.1 Å². The Hall–Kier alpha value is -1.73. The first kappa shape index (κ1) is 13.0. The van der Waals surface area contributed by atoms with Crippen molar-refractivity contribution in [2.24, 2.45) is 5.92 Å². The van der Waals surface area contributed by atoms with Crippen LogP contribution in [0.2, 0.25) is 0 Å². The van der Waals surface area contributed by atoms with Crippen molar-refractivity contribution in [2.75, 3.05) is 24.5 Å². The lowest BCUT2D eigenvalue weighted by Crippen LogP contribution is -2.55. The van der Waals surface area contributed by atoms with Gasteiger partial charge in [0.2, 0.25) is 0 Å². The highest BCUT2D eigenvalue weighted by molar-refractivity contribution is 5.47. The third kappa shape index (κ3) is 2.26. The number of nitrogens with zero attached hydrogens (tertiary/aromatic N) is 5. The topological polar surface area (TPSA) is 78.6 Å². The number of nitrogens with one attached hydrogen (secondary N) is 1. The monoisotopic (exact) mass is 288 g/mol. The van der Waals surface area contributed by atoms with E-state index in [1.165, 1.54) is 0 Å². The molecular formula is C14H20N6O. The number of aliphatic hydroxyl groups is 1. The van der Waals surface area contributed by atoms with Gasteiger partial charge in [-0.1, -0.05) is 0 Å². The zero-order valence-corrected chi connectivity index (χ0v) is 12.1. The van der Waals surface area contributed by atoms with E-state index >= 15 is 0 Å². The second-order valence-electron chi connectivity index (χ2n) is 6.14. The molecule has 0 amide bonds. The van der Waals surface area contributed by atoms with Gasteiger partial charge in [0.05, 0.1) is 6.10 Å². The Morgan fingerprint density at radius 3 is 2.86 bits per heavy atom. The van der Waals surface area contributed by atoms with Crippen molar-refractivity contribution in [1.82, 2.24) is 25.1 Å². The van der Waals surface area contributed by atoms with E-state index in [4.69, 9.17) is 0 Å². The van der Waals surface area contributed by atoms with Crippen LogP contribution in [0, 0.1) is 12.8 Å². The second-order valence-corrected chi connectivity index (χ2v) is 6.14. The number of hydrogen-bond donors (Lipinski definition) is 2. The van der Waals surface area contributed by atoms with E-state index < -0.39 is 0 Å². The summed E-state index contributed by atoms with van der Waals surface area (Å²) in [7, 11) is 0. The van der Waals surface area contributed by atoms with Crippen LogP contribution in [-0.4, -0.2) is 56.7 Å². The number of anilines is 1. The molecule has 0 bridgehead atoms. The minimum Gasteiger partial charge on any atom is -0.392 e. The van der Waals surface area contributed by atoms with Gasteiger partial charge in [-0.25, -0.2) is 0 Å². The summed E-state index contributed by atoms with van der Waals surface area (Å²) in [5.41, 5.74) is 0.786. The molecule has 2 aromatic heterocycles. The Bertz CT molecular complexity index is 650. The molecule has 2 aromatic rings. The summed E-state index contributed by atoms with van der Waals surface area (Å²) in [6.07, 6.45) is 1.90. The first-order chi connectivity index (χ1) is 10.2. The van der Waals surface area contributed by atoms with E-state index in [-0.39, 0.29) is 6.10 Å². The largest absolute Gasteiger partial charge is 0.392 e. The molecule has 2 unspecified atom stereocenters. The summed E-state index contributed by atoms with van der Waals surface area (Å²) >= 11 is 0. The van der Waals surface area contributed by atoms with Crippen LogP contribution in [-0.2, 0) is 0 Å². The molecule has 3 heterocycles. The van der Waals surface area contributed by atoms with Crippen molar-refractivity contribution in [3.63, 3.8) is 0 Å². The molecule has 1 aliphatic heterocycles. The standard InChI is InChI=1S/C14H20N6O/c1-9-16-17-13-4-5-14(18-20(9)13)19-7-10(8-19)6-15-11-2-3-12(11)21/h4-5,10-12,15,21H,2-3,6-8H2,1H3. The van der Waals surface area contributed by atoms with Crippen molar-refractivity contribution < 1.29 is 5.11 Å². The lowest BCUT2D eigenvalue weighted by molar-refractivity contribution is 0.0474. The van der Waals surface area contributed by atoms with Gasteiger partial charge in [0, 0.05) is 31.6 Å². The average molecular weight is 288 g/mol. The van der Waals surface area contributed by atoms with Crippen LogP contribution in [0.3, 0.4) is 0 Å². The highest BCUT2D eigenvalue weighted by Gasteiger charge is 2.32. The first-order valence-electron chi connectivity index (χ1n) is 7.56. The Morgan fingerprint density at radius 1 is 1.29 bits per heavy atom. The molecule has 21 heavy (non-hydrogen) atoms. The summed E-state index contributed by atoms with van der Waals surface area (Å²) in [4.78, 5) is 2.27. The van der Waals surface area contributed by atoms with E-state index in [0.29, 0.717) is 12.0 Å². The molecule has 7 heteroatoms. The third-order valence-corrected chi connectivity index (χ3v) is 4.59. The molecule has 1 saturated heterocycles. The van der Waals surface area contributed by atoms with Crippen molar-refractivity contribution in [3.05, 3.63) is 18.0 Å². The number of rotatable bonds is 4. The summed E-state index contributed by atoms with van der Waals surface area (Å²) < 4.78 is 1.78. The first-order valence-corrected chi connectivity index (χ1v) is 7.56. The number of fused-ring (bicyclic) bond motifs is 1. The van der Waals surface area contributed by atoms with Gasteiger partial charge in [-0.3, -0.25) is 0 Å². The van der Waals surface area contributed by atoms with Gasteiger partial charge in [0.1, 0.15) is 5.82 Å². The maximum atomic E-state index is 9.55. The SMILES string of the molecule is Cc1nnc2ccc(N3CC(CNC4CCC4O)C3)nn12. The molecule has 2 aliphatic rings. The minimum absolute atomic E-state index is 0.137. The Kier molecular flexibility index (Phi) is 3.04. The molecule has 2 N–H and O–H groups in total. The highest BCUT2D eigenvalue weighted by Crippen LogP contribution is 2.24. The molecule has 112 valence electrons. The lowest BCUT2D eigenvalue weighted by Gasteiger charge is -2.42. The highest BCUT2D eigenvalue weighted by atomic mass is 16.3. The smallest absolute Gasteiger partial charge is 0.178 e. The van der Waals surface area contributed by atoms with Crippen LogP contribution in [0.5, 0.6) is 0 Å². The van der Waals surface area contributed by atoms with Gasteiger partial charge < -0.3 is 15.3 Å². The quantitative estimate of drug-likeness (QED) is 0.823. The van der Waals surface area contributed by atoms with Crippen LogP contribution >= 0.6 is 0 Å². The molecule has 1 aliphatic carbocycles. The zero-order chi connectivity index (χ0) is 14.4. The van der Waals surface area contributed by atoms with Crippen molar-refractivity contribution in [1.29, 1.82) is 0 Å². The van der Waals surface area contributed by atoms with Crippen molar-refractivity contribution >= 4 is 11.5 Å². The van der Waals surface area contributed by atoms with E-state index in [9.17, 15) is 5.11 Å². The fraction of sp³-hybridized carbons (Fsp3) is 0.643. The van der Waals surface area contributed by atoms with Gasteiger partial charge in [0.25, 0.3) is 0 Å². The maximum Gasteiger partial charge on any atom is 0.178 e. The van der Waals surface area contributed by atoms with Gasteiger partial charge in [-0.2, -0.15) is 4.52 Å². The predicted octanol–water partition coefficient (Wildman–Crippen LogP) is -0.0182. The predicted molar refractivity (Wildman–Crippen MR) is 78.3 cm³/mol. The fourth-order valence-corrected chi connectivity index (χ4v) is 2.98. The maximum absolute atomic E-state index is 9.55. The number of aromatic nitrogens is 4. The van der Waals surface area contributed by atoms with E-state index in [1.807, 2.05) is 19.1 Å². The van der Waals surface area contributed by atoms with Crippen LogP contribution in [0.25, 0.3) is 5.65 Å². The van der Waals surface area contributed by atoms with Gasteiger partial charge >= 0.3 is 0 Å². The van der Waals surface area contributed by atoms with E-state index in [0.717, 1.165) is 49.8 Å². The molecule has 2 fully saturated rings. The molecule has 4 rings (SSSR count). The number of aliphatic hydroxyl groups excluding tert-OH is 1. The summed E-state index contributed by atoms with van der Waals surface area (Å²) in [5, 5.41) is 25.7. The molecular weight excluding hydrogens is 268 g/mol. The van der Waals surface area contributed by atoms with Crippen LogP contribution < -0.4 is 10.2 Å². The third-order valence-electron chi connectivity index (χ3n) is 4.59. The minimum atomic E-state index is -0.137. The average Bonchev–Trinajstić information content (AvgIpc) is 2.81. The Morgan fingerprint density at radius 2 is 2.14 bits per heavy atom. The van der Waals surface area contributed by atoms with Gasteiger partial charge in [0.15, 0.2) is 11.5 Å². The van der Waals surface area contributed by atoms with E-state index in [2.05, 4.69) is 25.5 Å². The molecule has 0 aromatic carbocycles. The second kappa shape index (κ2) is 4.92. The van der Waals surface area contributed by atoms with Crippen molar-refractivity contribution in [2.45, 2.75) is 31.9 Å². The lowest BCUT2D eigenvalue weighted by atomic mass is 9.88. The molecule has 0 radical (unpaired) electrons. The van der Waals surface area contributed by atoms with Crippen LogP contribution in [0.4, 0.5) is 5.82 Å². The fourth-order valence-electron chi connectivity index (χ4n) is 2.98. The normalized spacial score (nSPS) is 25.9. The summed E-state index contributed by atoms with van der Waals surface area (Å²) in [5.74, 6) is 2.42. The van der Waals surface area contributed by atoms with Crippen molar-refractivity contribution in [3.8, 4) is 0 Å². The Labute approximate surface area is 123 Å². The molecule has 2 atom stereocenters. The van der Waals surface area contributed by atoms with Crippen LogP contribution in [0.1, 0.15) is 18.7 Å². The summed E-state index contributed by atoms with van der Waals surface area (Å²) in [6.45, 7) is 4.90. The molecule has 0 spiro atoms. The van der Waals surface area contributed by atoms with Gasteiger partial charge in [-0.05, 0) is 31.9 Å². The number of hydrogen-bond acceptors (Lipinski definition) is 6. The van der Waals surface area contributed by atoms with E-state index in [1.54, 1.807) is 4.52 Å².